The van der Waals surface area contributed by atoms with E-state index >= 15 is 0 Å². The lowest BCUT2D eigenvalue weighted by Crippen LogP contribution is -2.46. The zero-order valence-electron chi connectivity index (χ0n) is 22.3. The number of carboxylic acids is 1. The fourth-order valence-corrected chi connectivity index (χ4v) is 7.20. The van der Waals surface area contributed by atoms with E-state index in [1.165, 1.54) is 11.3 Å². The van der Waals surface area contributed by atoms with Crippen LogP contribution in [-0.4, -0.2) is 33.3 Å². The molecule has 0 atom stereocenters. The van der Waals surface area contributed by atoms with E-state index in [1.807, 2.05) is 56.1 Å². The summed E-state index contributed by atoms with van der Waals surface area (Å²) in [6.07, 6.45) is 9.35. The molecule has 0 radical (unpaired) electrons. The van der Waals surface area contributed by atoms with Gasteiger partial charge in [-0.15, -0.1) is 23.1 Å². The largest absolute Gasteiger partial charge is 0.477 e. The molecule has 0 aromatic carbocycles. The molecule has 2 aliphatic rings. The molecule has 1 N–H and O–H groups in total. The van der Waals surface area contributed by atoms with Crippen molar-refractivity contribution in [3.05, 3.63) is 40.2 Å². The van der Waals surface area contributed by atoms with Gasteiger partial charge in [-0.25, -0.2) is 9.78 Å². The Labute approximate surface area is 229 Å². The van der Waals surface area contributed by atoms with Gasteiger partial charge < -0.3 is 10.0 Å². The highest BCUT2D eigenvalue weighted by atomic mass is 32.2. The van der Waals surface area contributed by atoms with E-state index in [0.717, 1.165) is 56.4 Å². The molecule has 4 rings (SSSR count). The Balaban J connectivity index is 1.61. The lowest BCUT2D eigenvalue weighted by Gasteiger charge is -2.39. The second kappa shape index (κ2) is 12.0. The Morgan fingerprint density at radius 1 is 1.08 bits per heavy atom. The zero-order chi connectivity index (χ0) is 26.6. The van der Waals surface area contributed by atoms with Crippen LogP contribution in [0.25, 0.3) is 0 Å². The van der Waals surface area contributed by atoms with Crippen LogP contribution in [0.2, 0.25) is 0 Å². The van der Waals surface area contributed by atoms with Gasteiger partial charge in [-0.3, -0.25) is 4.79 Å². The number of hydrogen-bond acceptors (Lipinski definition) is 5. The summed E-state index contributed by atoms with van der Waals surface area (Å²) in [5.41, 5.74) is 0.353. The molecule has 2 fully saturated rings. The first kappa shape index (κ1) is 27.7. The van der Waals surface area contributed by atoms with Gasteiger partial charge >= 0.3 is 5.97 Å². The van der Waals surface area contributed by atoms with E-state index in [1.54, 1.807) is 11.8 Å². The molecule has 0 saturated heterocycles. The first-order chi connectivity index (χ1) is 17.6. The van der Waals surface area contributed by atoms with Gasteiger partial charge in [0.2, 0.25) is 5.91 Å². The third kappa shape index (κ3) is 7.39. The van der Waals surface area contributed by atoms with E-state index < -0.39 is 5.97 Å². The number of nitrogens with zero attached hydrogens (tertiary/aromatic N) is 2. The van der Waals surface area contributed by atoms with E-state index in [-0.39, 0.29) is 28.2 Å². The first-order valence-corrected chi connectivity index (χ1v) is 15.1. The van der Waals surface area contributed by atoms with Crippen LogP contribution in [0.1, 0.15) is 93.6 Å². The van der Waals surface area contributed by atoms with Gasteiger partial charge in [0.05, 0.1) is 15.6 Å². The summed E-state index contributed by atoms with van der Waals surface area (Å²) in [6.45, 7) is 8.36. The van der Waals surface area contributed by atoms with Crippen LogP contribution in [-0.2, 0) is 4.79 Å². The smallest absolute Gasteiger partial charge is 0.348 e. The maximum atomic E-state index is 14.1. The van der Waals surface area contributed by atoms with Crippen molar-refractivity contribution in [1.82, 2.24) is 4.98 Å². The molecule has 0 unspecified atom stereocenters. The van der Waals surface area contributed by atoms with Crippen molar-refractivity contribution in [2.45, 2.75) is 95.4 Å². The van der Waals surface area contributed by atoms with Crippen molar-refractivity contribution < 1.29 is 14.7 Å². The molecule has 7 heteroatoms. The summed E-state index contributed by atoms with van der Waals surface area (Å²) in [5.74, 6) is 6.11. The quantitative estimate of drug-likeness (QED) is 0.386. The van der Waals surface area contributed by atoms with Gasteiger partial charge in [-0.1, -0.05) is 24.8 Å². The number of hydrogen-bond donors (Lipinski definition) is 1. The summed E-state index contributed by atoms with van der Waals surface area (Å²) in [7, 11) is 0. The van der Waals surface area contributed by atoms with Crippen LogP contribution in [0, 0.1) is 29.1 Å². The lowest BCUT2D eigenvalue weighted by molar-refractivity contribution is -0.124. The number of aromatic carboxylic acids is 1. The van der Waals surface area contributed by atoms with Crippen LogP contribution in [0.3, 0.4) is 0 Å². The monoisotopic (exact) mass is 538 g/mol. The second-order valence-corrected chi connectivity index (χ2v) is 13.9. The SMILES string of the molecule is CC(C)(C)C#Cc1cc(N(C(=O)[C@H]2CC[C@H](C)CC2)[C@H]2CC[C@H](Sc3ccccn3)CC2)c(C(=O)O)s1. The summed E-state index contributed by atoms with van der Waals surface area (Å²) in [4.78, 5) is 33.7. The van der Waals surface area contributed by atoms with Gasteiger partial charge in [0.1, 0.15) is 4.88 Å². The fraction of sp³-hybridized carbons (Fsp3) is 0.567. The number of aromatic nitrogens is 1. The number of amides is 1. The van der Waals surface area contributed by atoms with Crippen molar-refractivity contribution in [1.29, 1.82) is 0 Å². The Morgan fingerprint density at radius 2 is 1.78 bits per heavy atom. The first-order valence-electron chi connectivity index (χ1n) is 13.4. The Morgan fingerprint density at radius 3 is 2.38 bits per heavy atom. The Hall–Kier alpha value is -2.30. The summed E-state index contributed by atoms with van der Waals surface area (Å²) < 4.78 is 0. The van der Waals surface area contributed by atoms with Gasteiger partial charge in [0, 0.05) is 28.8 Å². The summed E-state index contributed by atoms with van der Waals surface area (Å²) in [6, 6.07) is 7.84. The number of pyridine rings is 1. The number of carbonyl (C=O) groups is 2. The van der Waals surface area contributed by atoms with E-state index in [2.05, 4.69) is 23.7 Å². The molecule has 0 bridgehead atoms. The van der Waals surface area contributed by atoms with Gasteiger partial charge in [0.15, 0.2) is 0 Å². The highest BCUT2D eigenvalue weighted by Crippen LogP contribution is 2.41. The van der Waals surface area contributed by atoms with Crippen molar-refractivity contribution in [2.24, 2.45) is 17.3 Å². The molecule has 5 nitrogen and oxygen atoms in total. The average molecular weight is 539 g/mol. The normalized spacial score (nSPS) is 24.1. The number of anilines is 1. The fourth-order valence-electron chi connectivity index (χ4n) is 5.23. The minimum Gasteiger partial charge on any atom is -0.477 e. The minimum atomic E-state index is -0.988. The van der Waals surface area contributed by atoms with E-state index in [9.17, 15) is 14.7 Å². The third-order valence-electron chi connectivity index (χ3n) is 7.26. The van der Waals surface area contributed by atoms with Crippen LogP contribution < -0.4 is 4.90 Å². The molecule has 2 aromatic rings. The Bertz CT molecular complexity index is 1140. The predicted molar refractivity (Wildman–Crippen MR) is 152 cm³/mol. The molecule has 2 aliphatic carbocycles. The standard InChI is InChI=1S/C30H38N2O3S2/c1-20-8-10-21(11-9-20)28(33)32(22-12-14-23(15-13-22)36-26-7-5-6-18-31-26)25-19-24(16-17-30(2,3)4)37-27(25)29(34)35/h5-7,18-23H,8-15H2,1-4H3,(H,34,35)/t20-,21-,22-,23-. The highest BCUT2D eigenvalue weighted by Gasteiger charge is 2.37. The molecule has 198 valence electrons. The number of carboxylic acid groups (broad SMARTS) is 1. The van der Waals surface area contributed by atoms with Crippen molar-refractivity contribution in [3.8, 4) is 11.8 Å². The van der Waals surface area contributed by atoms with Crippen LogP contribution >= 0.6 is 23.1 Å². The lowest BCUT2D eigenvalue weighted by atomic mass is 9.81. The molecule has 0 spiro atoms. The van der Waals surface area contributed by atoms with Gasteiger partial charge in [-0.05, 0) is 96.3 Å². The van der Waals surface area contributed by atoms with Crippen LogP contribution in [0.4, 0.5) is 5.69 Å². The summed E-state index contributed by atoms with van der Waals surface area (Å²) in [5, 5.41) is 11.6. The number of thioether (sulfide) groups is 1. The van der Waals surface area contributed by atoms with E-state index in [4.69, 9.17) is 0 Å². The summed E-state index contributed by atoms with van der Waals surface area (Å²) >= 11 is 2.99. The molecule has 0 aliphatic heterocycles. The molecule has 2 saturated carbocycles. The average Bonchev–Trinajstić information content (AvgIpc) is 3.29. The van der Waals surface area contributed by atoms with Gasteiger partial charge in [0.25, 0.3) is 0 Å². The molecular formula is C30H38N2O3S2. The zero-order valence-corrected chi connectivity index (χ0v) is 24.0. The molecular weight excluding hydrogens is 500 g/mol. The Kier molecular flexibility index (Phi) is 9.03. The molecule has 2 heterocycles. The maximum absolute atomic E-state index is 14.1. The molecule has 37 heavy (non-hydrogen) atoms. The highest BCUT2D eigenvalue weighted by molar-refractivity contribution is 7.99. The van der Waals surface area contributed by atoms with Crippen molar-refractivity contribution >= 4 is 40.7 Å². The van der Waals surface area contributed by atoms with E-state index in [0.29, 0.717) is 21.7 Å². The number of rotatable bonds is 6. The van der Waals surface area contributed by atoms with Crippen LogP contribution in [0.15, 0.2) is 35.5 Å². The predicted octanol–water partition coefficient (Wildman–Crippen LogP) is 7.50. The number of thiophene rings is 1. The minimum absolute atomic E-state index is 0.00329. The molecule has 1 amide bonds. The second-order valence-electron chi connectivity index (χ2n) is 11.5. The maximum Gasteiger partial charge on any atom is 0.348 e. The molecule has 2 aromatic heterocycles. The van der Waals surface area contributed by atoms with Crippen molar-refractivity contribution in [2.75, 3.05) is 4.90 Å². The third-order valence-corrected chi connectivity index (χ3v) is 9.58. The van der Waals surface area contributed by atoms with Crippen LogP contribution in [0.5, 0.6) is 0 Å². The number of carbonyl (C=O) groups excluding carboxylic acids is 1. The topological polar surface area (TPSA) is 70.5 Å². The van der Waals surface area contributed by atoms with Crippen molar-refractivity contribution in [3.63, 3.8) is 0 Å². The van der Waals surface area contributed by atoms with Gasteiger partial charge in [-0.2, -0.15) is 0 Å².